The van der Waals surface area contributed by atoms with Crippen molar-refractivity contribution in [3.63, 3.8) is 0 Å². The summed E-state index contributed by atoms with van der Waals surface area (Å²) in [4.78, 5) is 0. The molecule has 0 radical (unpaired) electrons. The predicted octanol–water partition coefficient (Wildman–Crippen LogP) is 2.08. The minimum Gasteiger partial charge on any atom is -0.391 e. The molecule has 0 aliphatic carbocycles. The van der Waals surface area contributed by atoms with E-state index in [1.165, 1.54) is 12.1 Å². The molecule has 96 valence electrons. The first-order valence-electron chi connectivity index (χ1n) is 5.44. The predicted molar refractivity (Wildman–Crippen MR) is 68.3 cm³/mol. The first kappa shape index (κ1) is 14.6. The van der Waals surface area contributed by atoms with E-state index >= 15 is 0 Å². The Morgan fingerprint density at radius 3 is 2.88 bits per heavy atom. The van der Waals surface area contributed by atoms with Crippen molar-refractivity contribution in [3.8, 4) is 0 Å². The first-order chi connectivity index (χ1) is 8.11. The van der Waals surface area contributed by atoms with Crippen molar-refractivity contribution >= 4 is 15.9 Å². The van der Waals surface area contributed by atoms with Crippen molar-refractivity contribution in [2.24, 2.45) is 0 Å². The molecule has 0 amide bonds. The lowest BCUT2D eigenvalue weighted by molar-refractivity contribution is 0.0594. The second-order valence-electron chi connectivity index (χ2n) is 3.85. The van der Waals surface area contributed by atoms with E-state index in [0.29, 0.717) is 26.1 Å². The van der Waals surface area contributed by atoms with Crippen LogP contribution >= 0.6 is 15.9 Å². The number of hydrogen-bond acceptors (Lipinski definition) is 3. The minimum atomic E-state index is -0.452. The summed E-state index contributed by atoms with van der Waals surface area (Å²) in [5.74, 6) is -0.254. The largest absolute Gasteiger partial charge is 0.391 e. The van der Waals surface area contributed by atoms with Crippen molar-refractivity contribution in [1.29, 1.82) is 0 Å². The molecule has 1 aromatic rings. The smallest absolute Gasteiger partial charge is 0.124 e. The highest BCUT2D eigenvalue weighted by atomic mass is 79.9. The molecule has 0 aromatic heterocycles. The topological polar surface area (TPSA) is 41.5 Å². The number of ether oxygens (including phenoxy) is 1. The fourth-order valence-corrected chi connectivity index (χ4v) is 2.00. The highest BCUT2D eigenvalue weighted by Crippen LogP contribution is 2.14. The van der Waals surface area contributed by atoms with E-state index < -0.39 is 6.10 Å². The molecule has 5 heteroatoms. The Morgan fingerprint density at radius 1 is 1.47 bits per heavy atom. The average molecular weight is 306 g/mol. The van der Waals surface area contributed by atoms with E-state index in [9.17, 15) is 9.50 Å². The Morgan fingerprint density at radius 2 is 2.24 bits per heavy atom. The minimum absolute atomic E-state index is 0.254. The van der Waals surface area contributed by atoms with Crippen LogP contribution in [0.15, 0.2) is 22.7 Å². The molecule has 0 spiro atoms. The number of nitrogens with one attached hydrogen (secondary N) is 1. The maximum Gasteiger partial charge on any atom is 0.124 e. The summed E-state index contributed by atoms with van der Waals surface area (Å²) in [6, 6.07) is 4.77. The van der Waals surface area contributed by atoms with Gasteiger partial charge in [-0.15, -0.1) is 0 Å². The van der Waals surface area contributed by atoms with Gasteiger partial charge in [-0.1, -0.05) is 15.9 Å². The zero-order valence-corrected chi connectivity index (χ0v) is 11.3. The fourth-order valence-electron chi connectivity index (χ4n) is 1.49. The van der Waals surface area contributed by atoms with Crippen molar-refractivity contribution in [2.75, 3.05) is 20.3 Å². The lowest BCUT2D eigenvalue weighted by atomic mass is 10.2. The maximum atomic E-state index is 13.1. The van der Waals surface area contributed by atoms with E-state index in [2.05, 4.69) is 21.2 Å². The van der Waals surface area contributed by atoms with Crippen LogP contribution in [0.5, 0.6) is 0 Å². The van der Waals surface area contributed by atoms with Crippen LogP contribution in [0.2, 0.25) is 0 Å². The molecule has 0 fully saturated rings. The van der Waals surface area contributed by atoms with Crippen LogP contribution in [0, 0.1) is 5.82 Å². The molecule has 1 atom stereocenters. The molecule has 1 aromatic carbocycles. The number of benzene rings is 1. The van der Waals surface area contributed by atoms with Crippen LogP contribution in [-0.2, 0) is 11.3 Å². The van der Waals surface area contributed by atoms with Crippen LogP contribution in [0.25, 0.3) is 0 Å². The number of hydrogen-bond donors (Lipinski definition) is 2. The van der Waals surface area contributed by atoms with Crippen LogP contribution in [-0.4, -0.2) is 31.5 Å². The second kappa shape index (κ2) is 7.76. The molecule has 2 N–H and O–H groups in total. The summed E-state index contributed by atoms with van der Waals surface area (Å²) in [5.41, 5.74) is 0.873. The summed E-state index contributed by atoms with van der Waals surface area (Å²) >= 11 is 3.24. The summed E-state index contributed by atoms with van der Waals surface area (Å²) < 4.78 is 18.6. The van der Waals surface area contributed by atoms with Gasteiger partial charge in [0.1, 0.15) is 5.82 Å². The Labute approximate surface area is 109 Å². The summed E-state index contributed by atoms with van der Waals surface area (Å²) in [7, 11) is 1.56. The van der Waals surface area contributed by atoms with Gasteiger partial charge in [0.2, 0.25) is 0 Å². The number of rotatable bonds is 7. The molecular formula is C12H17BrFNO2. The van der Waals surface area contributed by atoms with E-state index in [-0.39, 0.29) is 5.82 Å². The zero-order chi connectivity index (χ0) is 12.7. The first-order valence-corrected chi connectivity index (χ1v) is 6.24. The molecule has 0 bridgehead atoms. The van der Waals surface area contributed by atoms with Crippen LogP contribution in [0.3, 0.4) is 0 Å². The third-order valence-corrected chi connectivity index (χ3v) is 2.72. The maximum absolute atomic E-state index is 13.1. The van der Waals surface area contributed by atoms with Crippen molar-refractivity contribution in [2.45, 2.75) is 19.1 Å². The zero-order valence-electron chi connectivity index (χ0n) is 9.75. The Hall–Kier alpha value is -0.490. The highest BCUT2D eigenvalue weighted by molar-refractivity contribution is 9.10. The van der Waals surface area contributed by atoms with Crippen molar-refractivity contribution in [1.82, 2.24) is 5.32 Å². The normalized spacial score (nSPS) is 12.7. The molecule has 1 rings (SSSR count). The number of aliphatic hydroxyl groups is 1. The van der Waals surface area contributed by atoms with Crippen molar-refractivity contribution < 1.29 is 14.2 Å². The van der Waals surface area contributed by atoms with Gasteiger partial charge in [0, 0.05) is 18.1 Å². The Balaban J connectivity index is 2.26. The van der Waals surface area contributed by atoms with Crippen LogP contribution < -0.4 is 5.32 Å². The highest BCUT2D eigenvalue weighted by Gasteiger charge is 2.03. The van der Waals surface area contributed by atoms with Crippen molar-refractivity contribution in [3.05, 3.63) is 34.1 Å². The van der Waals surface area contributed by atoms with Gasteiger partial charge >= 0.3 is 0 Å². The summed E-state index contributed by atoms with van der Waals surface area (Å²) in [5, 5.41) is 12.5. The standard InChI is InChI=1S/C12H17BrFNO2/c1-17-8-12(16)2-3-15-7-9-4-10(13)6-11(14)5-9/h4-6,12,15-16H,2-3,7-8H2,1H3. The molecule has 0 heterocycles. The van der Waals surface area contributed by atoms with Gasteiger partial charge in [0.05, 0.1) is 12.7 Å². The molecule has 0 saturated carbocycles. The molecule has 17 heavy (non-hydrogen) atoms. The van der Waals surface area contributed by atoms with E-state index in [1.54, 1.807) is 7.11 Å². The molecular weight excluding hydrogens is 289 g/mol. The Kier molecular flexibility index (Phi) is 6.65. The molecule has 1 unspecified atom stereocenters. The monoisotopic (exact) mass is 305 g/mol. The van der Waals surface area contributed by atoms with Crippen LogP contribution in [0.4, 0.5) is 4.39 Å². The second-order valence-corrected chi connectivity index (χ2v) is 4.77. The number of methoxy groups -OCH3 is 1. The van der Waals surface area contributed by atoms with Gasteiger partial charge in [-0.3, -0.25) is 0 Å². The number of halogens is 2. The quantitative estimate of drug-likeness (QED) is 0.758. The average Bonchev–Trinajstić information content (AvgIpc) is 2.23. The molecule has 3 nitrogen and oxygen atoms in total. The van der Waals surface area contributed by atoms with Gasteiger partial charge in [0.25, 0.3) is 0 Å². The lowest BCUT2D eigenvalue weighted by Gasteiger charge is -2.10. The number of aliphatic hydroxyl groups excluding tert-OH is 1. The SMILES string of the molecule is COCC(O)CCNCc1cc(F)cc(Br)c1. The molecule has 0 saturated heterocycles. The summed E-state index contributed by atoms with van der Waals surface area (Å²) in [6.45, 7) is 1.59. The van der Waals surface area contributed by atoms with E-state index in [0.717, 1.165) is 10.0 Å². The summed E-state index contributed by atoms with van der Waals surface area (Å²) in [6.07, 6.45) is 0.163. The van der Waals surface area contributed by atoms with Gasteiger partial charge in [-0.2, -0.15) is 0 Å². The lowest BCUT2D eigenvalue weighted by Crippen LogP contribution is -2.23. The van der Waals surface area contributed by atoms with E-state index in [4.69, 9.17) is 4.74 Å². The van der Waals surface area contributed by atoms with Gasteiger partial charge in [0.15, 0.2) is 0 Å². The van der Waals surface area contributed by atoms with E-state index in [1.807, 2.05) is 6.07 Å². The Bertz CT molecular complexity index is 329. The van der Waals surface area contributed by atoms with Gasteiger partial charge in [-0.25, -0.2) is 4.39 Å². The third kappa shape index (κ3) is 6.12. The van der Waals surface area contributed by atoms with Gasteiger partial charge in [-0.05, 0) is 36.7 Å². The molecule has 0 aliphatic heterocycles. The third-order valence-electron chi connectivity index (χ3n) is 2.26. The van der Waals surface area contributed by atoms with Gasteiger partial charge < -0.3 is 15.2 Å². The fraction of sp³-hybridized carbons (Fsp3) is 0.500. The van der Waals surface area contributed by atoms with Crippen LogP contribution in [0.1, 0.15) is 12.0 Å². The molecule has 0 aliphatic rings.